The molecule has 12 heteroatoms. The second-order valence-electron chi connectivity index (χ2n) is 9.32. The van der Waals surface area contributed by atoms with Crippen LogP contribution < -0.4 is 5.32 Å². The molecule has 0 radical (unpaired) electrons. The summed E-state index contributed by atoms with van der Waals surface area (Å²) in [5.74, 6) is -2.86. The number of aromatic nitrogens is 1. The monoisotopic (exact) mass is 646 g/mol. The van der Waals surface area contributed by atoms with Crippen LogP contribution in [0.15, 0.2) is 65.4 Å². The molecule has 2 atom stereocenters. The van der Waals surface area contributed by atoms with Gasteiger partial charge in [0.05, 0.1) is 28.1 Å². The molecule has 0 saturated carbocycles. The summed E-state index contributed by atoms with van der Waals surface area (Å²) in [6.07, 6.45) is 1.53. The summed E-state index contributed by atoms with van der Waals surface area (Å²) in [4.78, 5) is 59.7. The molecule has 0 aliphatic carbocycles. The summed E-state index contributed by atoms with van der Waals surface area (Å²) in [7, 11) is 0. The smallest absolute Gasteiger partial charge is 0.305 e. The summed E-state index contributed by atoms with van der Waals surface area (Å²) >= 11 is 15.5. The van der Waals surface area contributed by atoms with E-state index in [0.717, 1.165) is 5.56 Å². The predicted octanol–water partition coefficient (Wildman–Crippen LogP) is 5.11. The number of aliphatic carboxylic acids is 1. The van der Waals surface area contributed by atoms with Crippen molar-refractivity contribution in [3.63, 3.8) is 0 Å². The Labute approximate surface area is 249 Å². The third-order valence-electron chi connectivity index (χ3n) is 6.40. The average molecular weight is 648 g/mol. The summed E-state index contributed by atoms with van der Waals surface area (Å²) in [6.45, 7) is 2.21. The largest absolute Gasteiger partial charge is 0.481 e. The van der Waals surface area contributed by atoms with Gasteiger partial charge >= 0.3 is 5.97 Å². The SMILES string of the molecule is Cc1cccc(C(CC(=O)O)NC(=O)C2N(C(=O)c3cncc(Br)c3)CCCN2C(=O)c2ccc(Cl)c(Cl)c2)c1. The molecule has 4 rings (SSSR count). The van der Waals surface area contributed by atoms with Crippen LogP contribution in [0.25, 0.3) is 0 Å². The minimum Gasteiger partial charge on any atom is -0.481 e. The maximum atomic E-state index is 14.0. The van der Waals surface area contributed by atoms with Crippen LogP contribution in [-0.2, 0) is 9.59 Å². The summed E-state index contributed by atoms with van der Waals surface area (Å²) in [6, 6.07) is 12.2. The van der Waals surface area contributed by atoms with E-state index in [2.05, 4.69) is 26.2 Å². The standard InChI is InChI=1S/C28H25BrCl2N4O5/c1-16-4-2-5-17(10-16)23(13-24(36)37)33-25(38)26-34(27(39)18-6-7-21(30)22(31)12-18)8-3-9-35(26)28(40)19-11-20(29)15-32-14-19/h2,4-7,10-12,14-15,23,26H,3,8-9,13H2,1H3,(H,33,38)(H,36,37). The van der Waals surface area contributed by atoms with E-state index < -0.39 is 42.3 Å². The Hall–Kier alpha value is -3.47. The number of carbonyl (C=O) groups excluding carboxylic acids is 3. The van der Waals surface area contributed by atoms with Crippen molar-refractivity contribution in [2.45, 2.75) is 32.0 Å². The summed E-state index contributed by atoms with van der Waals surface area (Å²) in [5, 5.41) is 12.8. The zero-order valence-corrected chi connectivity index (χ0v) is 24.4. The lowest BCUT2D eigenvalue weighted by molar-refractivity contribution is -0.138. The van der Waals surface area contributed by atoms with Crippen molar-refractivity contribution in [3.05, 3.63) is 97.7 Å². The maximum Gasteiger partial charge on any atom is 0.305 e. The Kier molecular flexibility index (Phi) is 9.44. The van der Waals surface area contributed by atoms with Gasteiger partial charge in [-0.3, -0.25) is 24.2 Å². The highest BCUT2D eigenvalue weighted by Gasteiger charge is 2.42. The van der Waals surface area contributed by atoms with Crippen molar-refractivity contribution in [2.24, 2.45) is 0 Å². The number of carboxylic acids is 1. The number of rotatable bonds is 7. The number of benzene rings is 2. The molecule has 40 heavy (non-hydrogen) atoms. The summed E-state index contributed by atoms with van der Waals surface area (Å²) in [5.41, 5.74) is 1.88. The van der Waals surface area contributed by atoms with Gasteiger partial charge in [-0.1, -0.05) is 53.0 Å². The van der Waals surface area contributed by atoms with Crippen LogP contribution in [0.4, 0.5) is 0 Å². The van der Waals surface area contributed by atoms with Crippen molar-refractivity contribution < 1.29 is 24.3 Å². The first-order valence-corrected chi connectivity index (χ1v) is 13.9. The number of hydrogen-bond donors (Lipinski definition) is 2. The number of carbonyl (C=O) groups is 4. The number of aryl methyl sites for hydroxylation is 1. The lowest BCUT2D eigenvalue weighted by Crippen LogP contribution is -2.63. The zero-order chi connectivity index (χ0) is 29.0. The molecule has 1 fully saturated rings. The molecule has 2 N–H and O–H groups in total. The summed E-state index contributed by atoms with van der Waals surface area (Å²) < 4.78 is 0.570. The molecule has 1 aliphatic heterocycles. The van der Waals surface area contributed by atoms with Crippen LogP contribution in [0, 0.1) is 6.92 Å². The van der Waals surface area contributed by atoms with Gasteiger partial charge < -0.3 is 20.2 Å². The van der Waals surface area contributed by atoms with Gasteiger partial charge in [0.1, 0.15) is 0 Å². The third kappa shape index (κ3) is 6.80. The Morgan fingerprint density at radius 2 is 1.70 bits per heavy atom. The topological polar surface area (TPSA) is 120 Å². The van der Waals surface area contributed by atoms with E-state index in [9.17, 15) is 24.3 Å². The van der Waals surface area contributed by atoms with Crippen LogP contribution in [-0.4, -0.2) is 62.8 Å². The molecular formula is C28H25BrCl2N4O5. The highest BCUT2D eigenvalue weighted by Crippen LogP contribution is 2.27. The fourth-order valence-corrected chi connectivity index (χ4v) is 5.25. The van der Waals surface area contributed by atoms with Crippen LogP contribution in [0.3, 0.4) is 0 Å². The van der Waals surface area contributed by atoms with E-state index in [-0.39, 0.29) is 34.3 Å². The van der Waals surface area contributed by atoms with Crippen LogP contribution in [0.2, 0.25) is 10.0 Å². The van der Waals surface area contributed by atoms with E-state index in [1.807, 2.05) is 13.0 Å². The van der Waals surface area contributed by atoms with Crippen LogP contribution in [0.1, 0.15) is 50.7 Å². The minimum atomic E-state index is -1.37. The molecule has 2 aromatic carbocycles. The highest BCUT2D eigenvalue weighted by atomic mass is 79.9. The maximum absolute atomic E-state index is 14.0. The molecule has 1 aromatic heterocycles. The number of pyridine rings is 1. The molecule has 2 heterocycles. The van der Waals surface area contributed by atoms with E-state index in [0.29, 0.717) is 16.5 Å². The number of nitrogens with zero attached hydrogens (tertiary/aromatic N) is 3. The van der Waals surface area contributed by atoms with Gasteiger partial charge in [0.25, 0.3) is 17.7 Å². The van der Waals surface area contributed by atoms with Gasteiger partial charge in [0.2, 0.25) is 0 Å². The van der Waals surface area contributed by atoms with E-state index >= 15 is 0 Å². The van der Waals surface area contributed by atoms with Gasteiger partial charge in [0, 0.05) is 35.5 Å². The first-order valence-electron chi connectivity index (χ1n) is 12.3. The van der Waals surface area contributed by atoms with Gasteiger partial charge in [-0.25, -0.2) is 0 Å². The molecule has 3 aromatic rings. The second kappa shape index (κ2) is 12.8. The number of amides is 3. The van der Waals surface area contributed by atoms with E-state index in [4.69, 9.17) is 23.2 Å². The molecule has 1 aliphatic rings. The molecule has 0 spiro atoms. The lowest BCUT2D eigenvalue weighted by atomic mass is 10.0. The molecule has 2 unspecified atom stereocenters. The van der Waals surface area contributed by atoms with Crippen molar-refractivity contribution >= 4 is 62.8 Å². The lowest BCUT2D eigenvalue weighted by Gasteiger charge is -2.43. The first-order chi connectivity index (χ1) is 19.0. The Morgan fingerprint density at radius 1 is 1.00 bits per heavy atom. The second-order valence-corrected chi connectivity index (χ2v) is 11.0. The minimum absolute atomic E-state index is 0.166. The fourth-order valence-electron chi connectivity index (χ4n) is 4.58. The molecule has 1 saturated heterocycles. The molecule has 0 bridgehead atoms. The molecule has 208 valence electrons. The normalized spacial score (nSPS) is 15.8. The average Bonchev–Trinajstić information content (AvgIpc) is 2.92. The number of halogens is 3. The first kappa shape index (κ1) is 29.5. The van der Waals surface area contributed by atoms with Gasteiger partial charge in [-0.2, -0.15) is 0 Å². The molecule has 3 amide bonds. The van der Waals surface area contributed by atoms with Crippen LogP contribution >= 0.6 is 39.1 Å². The Morgan fingerprint density at radius 3 is 2.33 bits per heavy atom. The van der Waals surface area contributed by atoms with E-state index in [1.165, 1.54) is 40.4 Å². The van der Waals surface area contributed by atoms with Crippen molar-refractivity contribution in [1.29, 1.82) is 0 Å². The van der Waals surface area contributed by atoms with Crippen molar-refractivity contribution in [2.75, 3.05) is 13.1 Å². The van der Waals surface area contributed by atoms with Crippen molar-refractivity contribution in [1.82, 2.24) is 20.1 Å². The zero-order valence-electron chi connectivity index (χ0n) is 21.3. The number of hydrogen-bond acceptors (Lipinski definition) is 5. The van der Waals surface area contributed by atoms with Gasteiger partial charge in [0.15, 0.2) is 6.17 Å². The Balaban J connectivity index is 1.74. The molecular weight excluding hydrogens is 623 g/mol. The number of carboxylic acid groups (broad SMARTS) is 1. The predicted molar refractivity (Wildman–Crippen MR) is 153 cm³/mol. The number of nitrogens with one attached hydrogen (secondary N) is 1. The van der Waals surface area contributed by atoms with Crippen LogP contribution in [0.5, 0.6) is 0 Å². The van der Waals surface area contributed by atoms with Crippen molar-refractivity contribution in [3.8, 4) is 0 Å². The van der Waals surface area contributed by atoms with E-state index in [1.54, 1.807) is 24.3 Å². The molecule has 9 nitrogen and oxygen atoms in total. The van der Waals surface area contributed by atoms with Gasteiger partial charge in [-0.05, 0) is 59.1 Å². The highest BCUT2D eigenvalue weighted by molar-refractivity contribution is 9.10. The third-order valence-corrected chi connectivity index (χ3v) is 7.58. The quantitative estimate of drug-likeness (QED) is 0.368. The van der Waals surface area contributed by atoms with Gasteiger partial charge in [-0.15, -0.1) is 0 Å². The fraction of sp³-hybridized carbons (Fsp3) is 0.250. The Bertz CT molecular complexity index is 1470.